The van der Waals surface area contributed by atoms with Gasteiger partial charge in [-0.05, 0) is 23.8 Å². The average Bonchev–Trinajstić information content (AvgIpc) is 2.43. The maximum absolute atomic E-state index is 11.2. The summed E-state index contributed by atoms with van der Waals surface area (Å²) in [5.74, 6) is 0.0492. The van der Waals surface area contributed by atoms with Gasteiger partial charge in [0.15, 0.2) is 0 Å². The van der Waals surface area contributed by atoms with Crippen LogP contribution < -0.4 is 4.74 Å². The Hall–Kier alpha value is -2.54. The van der Waals surface area contributed by atoms with E-state index in [9.17, 15) is 4.79 Å². The van der Waals surface area contributed by atoms with Crippen molar-refractivity contribution in [1.29, 1.82) is 5.26 Å². The largest absolute Gasteiger partial charge is 0.490 e. The van der Waals surface area contributed by atoms with Crippen LogP contribution in [-0.4, -0.2) is 19.7 Å². The van der Waals surface area contributed by atoms with Gasteiger partial charge in [0.1, 0.15) is 24.0 Å². The molecular weight excluding hydrogens is 230 g/mol. The lowest BCUT2D eigenvalue weighted by Gasteiger charge is -2.03. The number of ether oxygens (including phenoxy) is 2. The Morgan fingerprint density at radius 1 is 1.44 bits per heavy atom. The number of nitrogens with zero attached hydrogens (tertiary/aromatic N) is 1. The summed E-state index contributed by atoms with van der Waals surface area (Å²) in [6, 6.07) is 8.79. The predicted molar refractivity (Wildman–Crippen MR) is 67.7 cm³/mol. The summed E-state index contributed by atoms with van der Waals surface area (Å²) in [6.45, 7) is 3.98. The van der Waals surface area contributed by atoms with E-state index >= 15 is 0 Å². The van der Waals surface area contributed by atoms with Gasteiger partial charge in [-0.1, -0.05) is 24.8 Å². The molecule has 0 heterocycles. The van der Waals surface area contributed by atoms with Crippen molar-refractivity contribution in [3.05, 3.63) is 48.1 Å². The molecule has 0 aliphatic carbocycles. The third kappa shape index (κ3) is 3.80. The van der Waals surface area contributed by atoms with Crippen LogP contribution in [0, 0.1) is 11.3 Å². The molecule has 4 nitrogen and oxygen atoms in total. The predicted octanol–water partition coefficient (Wildman–Crippen LogP) is 2.33. The smallest absolute Gasteiger partial charge is 0.348 e. The molecule has 4 heteroatoms. The third-order valence-electron chi connectivity index (χ3n) is 2.08. The van der Waals surface area contributed by atoms with Crippen LogP contribution >= 0.6 is 0 Å². The van der Waals surface area contributed by atoms with Crippen molar-refractivity contribution in [3.8, 4) is 11.8 Å². The van der Waals surface area contributed by atoms with E-state index in [4.69, 9.17) is 10.00 Å². The molecular formula is C14H13NO3. The van der Waals surface area contributed by atoms with Gasteiger partial charge >= 0.3 is 5.97 Å². The normalized spacial score (nSPS) is 10.3. The molecule has 0 spiro atoms. The van der Waals surface area contributed by atoms with Gasteiger partial charge in [-0.25, -0.2) is 4.79 Å². The van der Waals surface area contributed by atoms with Crippen LogP contribution in [-0.2, 0) is 9.53 Å². The van der Waals surface area contributed by atoms with Crippen molar-refractivity contribution < 1.29 is 14.3 Å². The number of hydrogen-bond donors (Lipinski definition) is 0. The van der Waals surface area contributed by atoms with Crippen molar-refractivity contribution in [2.75, 3.05) is 13.7 Å². The highest BCUT2D eigenvalue weighted by Crippen LogP contribution is 2.14. The zero-order valence-corrected chi connectivity index (χ0v) is 10.1. The molecule has 92 valence electrons. The number of nitriles is 1. The average molecular weight is 243 g/mol. The lowest BCUT2D eigenvalue weighted by molar-refractivity contribution is -0.135. The minimum absolute atomic E-state index is 0.0442. The van der Waals surface area contributed by atoms with E-state index in [0.29, 0.717) is 12.4 Å². The van der Waals surface area contributed by atoms with Crippen LogP contribution in [0.4, 0.5) is 0 Å². The molecule has 0 N–H and O–H groups in total. The number of carbonyl (C=O) groups is 1. The van der Waals surface area contributed by atoms with E-state index in [1.54, 1.807) is 36.4 Å². The van der Waals surface area contributed by atoms with E-state index in [1.165, 1.54) is 13.2 Å². The van der Waals surface area contributed by atoms with Gasteiger partial charge in [-0.3, -0.25) is 0 Å². The molecule has 0 fully saturated rings. The van der Waals surface area contributed by atoms with E-state index in [2.05, 4.69) is 11.3 Å². The van der Waals surface area contributed by atoms with Gasteiger partial charge < -0.3 is 9.47 Å². The van der Waals surface area contributed by atoms with Crippen molar-refractivity contribution in [2.45, 2.75) is 0 Å². The van der Waals surface area contributed by atoms with E-state index in [1.807, 2.05) is 0 Å². The summed E-state index contributed by atoms with van der Waals surface area (Å²) in [6.07, 6.45) is 3.11. The number of hydrogen-bond acceptors (Lipinski definition) is 4. The van der Waals surface area contributed by atoms with Crippen molar-refractivity contribution in [2.24, 2.45) is 0 Å². The standard InChI is InChI=1S/C14H13NO3/c1-3-8-18-13-6-4-11(5-7-13)9-12(10-15)14(16)17-2/h3-7,9H,1,8H2,2H3/b12-9-. The molecule has 0 saturated heterocycles. The first-order chi connectivity index (χ1) is 8.71. The van der Waals surface area contributed by atoms with Gasteiger partial charge in [-0.15, -0.1) is 0 Å². The molecule has 0 aromatic heterocycles. The first-order valence-electron chi connectivity index (χ1n) is 5.25. The summed E-state index contributed by atoms with van der Waals surface area (Å²) < 4.78 is 9.80. The summed E-state index contributed by atoms with van der Waals surface area (Å²) in [7, 11) is 1.24. The zero-order chi connectivity index (χ0) is 13.4. The van der Waals surface area contributed by atoms with Gasteiger partial charge in [0, 0.05) is 0 Å². The summed E-state index contributed by atoms with van der Waals surface area (Å²) in [4.78, 5) is 11.2. The highest BCUT2D eigenvalue weighted by molar-refractivity contribution is 5.97. The number of benzene rings is 1. The fraction of sp³-hybridized carbons (Fsp3) is 0.143. The molecule has 0 atom stereocenters. The second-order valence-corrected chi connectivity index (χ2v) is 3.33. The Bertz CT molecular complexity index is 495. The molecule has 0 aliphatic heterocycles. The monoisotopic (exact) mass is 243 g/mol. The second-order valence-electron chi connectivity index (χ2n) is 3.33. The Balaban J connectivity index is 2.85. The van der Waals surface area contributed by atoms with Crippen LogP contribution in [0.5, 0.6) is 5.75 Å². The molecule has 0 saturated carbocycles. The molecule has 0 bridgehead atoms. The second kappa shape index (κ2) is 6.92. The molecule has 18 heavy (non-hydrogen) atoms. The zero-order valence-electron chi connectivity index (χ0n) is 10.1. The van der Waals surface area contributed by atoms with Crippen molar-refractivity contribution >= 4 is 12.0 Å². The summed E-state index contributed by atoms with van der Waals surface area (Å²) in [5.41, 5.74) is 0.681. The highest BCUT2D eigenvalue weighted by atomic mass is 16.5. The van der Waals surface area contributed by atoms with Gasteiger partial charge in [0.05, 0.1) is 7.11 Å². The fourth-order valence-corrected chi connectivity index (χ4v) is 1.23. The molecule has 0 unspecified atom stereocenters. The first kappa shape index (κ1) is 13.5. The SMILES string of the molecule is C=CCOc1ccc(/C=C(/C#N)C(=O)OC)cc1. The first-order valence-corrected chi connectivity index (χ1v) is 5.25. The Labute approximate surface area is 106 Å². The van der Waals surface area contributed by atoms with Gasteiger partial charge in [-0.2, -0.15) is 5.26 Å². The van der Waals surface area contributed by atoms with Crippen LogP contribution in [0.2, 0.25) is 0 Å². The van der Waals surface area contributed by atoms with Crippen LogP contribution in [0.15, 0.2) is 42.5 Å². The molecule has 0 amide bonds. The molecule has 1 rings (SSSR count). The maximum atomic E-state index is 11.2. The van der Waals surface area contributed by atoms with Crippen LogP contribution in [0.3, 0.4) is 0 Å². The van der Waals surface area contributed by atoms with Crippen LogP contribution in [0.25, 0.3) is 6.08 Å². The van der Waals surface area contributed by atoms with E-state index in [-0.39, 0.29) is 5.57 Å². The lowest BCUT2D eigenvalue weighted by atomic mass is 10.1. The minimum Gasteiger partial charge on any atom is -0.490 e. The number of rotatable bonds is 5. The van der Waals surface area contributed by atoms with Gasteiger partial charge in [0.2, 0.25) is 0 Å². The van der Waals surface area contributed by atoms with Crippen LogP contribution in [0.1, 0.15) is 5.56 Å². The molecule has 0 aliphatic rings. The highest BCUT2D eigenvalue weighted by Gasteiger charge is 2.08. The topological polar surface area (TPSA) is 59.3 Å². The number of methoxy groups -OCH3 is 1. The molecule has 1 aromatic carbocycles. The molecule has 1 aromatic rings. The Morgan fingerprint density at radius 3 is 2.61 bits per heavy atom. The van der Waals surface area contributed by atoms with Gasteiger partial charge in [0.25, 0.3) is 0 Å². The quantitative estimate of drug-likeness (QED) is 0.344. The lowest BCUT2D eigenvalue weighted by Crippen LogP contribution is -2.02. The number of esters is 1. The van der Waals surface area contributed by atoms with Crippen molar-refractivity contribution in [1.82, 2.24) is 0 Å². The number of carbonyl (C=O) groups excluding carboxylic acids is 1. The summed E-state index contributed by atoms with van der Waals surface area (Å²) >= 11 is 0. The van der Waals surface area contributed by atoms with Crippen molar-refractivity contribution in [3.63, 3.8) is 0 Å². The Morgan fingerprint density at radius 2 is 2.11 bits per heavy atom. The van der Waals surface area contributed by atoms with E-state index < -0.39 is 5.97 Å². The minimum atomic E-state index is -0.649. The third-order valence-corrected chi connectivity index (χ3v) is 2.08. The maximum Gasteiger partial charge on any atom is 0.348 e. The fourth-order valence-electron chi connectivity index (χ4n) is 1.23. The van der Waals surface area contributed by atoms with E-state index in [0.717, 1.165) is 5.56 Å². The summed E-state index contributed by atoms with van der Waals surface area (Å²) in [5, 5.41) is 8.80. The molecule has 0 radical (unpaired) electrons. The Kier molecular flexibility index (Phi) is 5.20.